The van der Waals surface area contributed by atoms with Gasteiger partial charge in [0.15, 0.2) is 5.82 Å². The average Bonchev–Trinajstić information content (AvgIpc) is 3.17. The highest BCUT2D eigenvalue weighted by Crippen LogP contribution is 2.55. The van der Waals surface area contributed by atoms with Gasteiger partial charge >= 0.3 is 0 Å². The molecule has 9 rings (SSSR count). The lowest BCUT2D eigenvalue weighted by molar-refractivity contribution is 0.434. The van der Waals surface area contributed by atoms with E-state index in [1.807, 2.05) is 18.2 Å². The van der Waals surface area contributed by atoms with E-state index in [0.717, 1.165) is 56.3 Å². The van der Waals surface area contributed by atoms with Crippen LogP contribution in [0.2, 0.25) is 0 Å². The maximum atomic E-state index is 6.49. The number of benzene rings is 7. The van der Waals surface area contributed by atoms with Crippen molar-refractivity contribution < 1.29 is 4.74 Å². The molecule has 226 valence electrons. The summed E-state index contributed by atoms with van der Waals surface area (Å²) in [5, 5.41) is 2.35. The van der Waals surface area contributed by atoms with E-state index in [1.54, 1.807) is 0 Å². The summed E-state index contributed by atoms with van der Waals surface area (Å²) in [6.07, 6.45) is 0. The van der Waals surface area contributed by atoms with Gasteiger partial charge in [0.2, 0.25) is 0 Å². The van der Waals surface area contributed by atoms with E-state index in [2.05, 4.69) is 164 Å². The largest absolute Gasteiger partial charge is 0.457 e. The Balaban J connectivity index is 1.25. The highest BCUT2D eigenvalue weighted by molar-refractivity contribution is 5.96. The van der Waals surface area contributed by atoms with Crippen molar-refractivity contribution in [3.05, 3.63) is 204 Å². The van der Waals surface area contributed by atoms with Crippen LogP contribution in [0.15, 0.2) is 182 Å². The van der Waals surface area contributed by atoms with E-state index < -0.39 is 5.41 Å². The Kier molecular flexibility index (Phi) is 6.69. The molecule has 0 aliphatic carbocycles. The molecule has 0 spiro atoms. The number of hydrogen-bond acceptors (Lipinski definition) is 3. The summed E-state index contributed by atoms with van der Waals surface area (Å²) in [5.74, 6) is 2.41. The van der Waals surface area contributed by atoms with Crippen molar-refractivity contribution >= 4 is 10.8 Å². The first-order valence-electron chi connectivity index (χ1n) is 16.2. The third-order valence-corrected chi connectivity index (χ3v) is 9.45. The van der Waals surface area contributed by atoms with Crippen molar-refractivity contribution in [1.82, 2.24) is 9.97 Å². The molecule has 3 nitrogen and oxygen atoms in total. The van der Waals surface area contributed by atoms with Crippen LogP contribution in [0.3, 0.4) is 0 Å². The Hall–Kier alpha value is -6.32. The van der Waals surface area contributed by atoms with Crippen molar-refractivity contribution in [2.45, 2.75) is 5.41 Å². The summed E-state index contributed by atoms with van der Waals surface area (Å²) in [7, 11) is 0. The van der Waals surface area contributed by atoms with Crippen LogP contribution in [0.1, 0.15) is 22.3 Å². The van der Waals surface area contributed by atoms with Gasteiger partial charge < -0.3 is 4.74 Å². The molecule has 2 heterocycles. The number of rotatable bonds is 5. The number of para-hydroxylation sites is 2. The van der Waals surface area contributed by atoms with Gasteiger partial charge in [-0.15, -0.1) is 0 Å². The molecule has 0 saturated heterocycles. The van der Waals surface area contributed by atoms with Crippen LogP contribution in [-0.4, -0.2) is 9.97 Å². The van der Waals surface area contributed by atoms with Crippen LogP contribution < -0.4 is 4.74 Å². The zero-order valence-corrected chi connectivity index (χ0v) is 26.1. The minimum atomic E-state index is -0.577. The Morgan fingerprint density at radius 3 is 1.71 bits per heavy atom. The number of ether oxygens (including phenoxy) is 1. The van der Waals surface area contributed by atoms with Gasteiger partial charge in [0.05, 0.1) is 16.8 Å². The molecule has 3 heteroatoms. The molecule has 0 radical (unpaired) electrons. The zero-order valence-electron chi connectivity index (χ0n) is 26.1. The molecule has 0 unspecified atom stereocenters. The summed E-state index contributed by atoms with van der Waals surface area (Å²) in [6.45, 7) is 0. The summed E-state index contributed by atoms with van der Waals surface area (Å²) < 4.78 is 6.49. The molecule has 0 amide bonds. The quantitative estimate of drug-likeness (QED) is 0.193. The van der Waals surface area contributed by atoms with Crippen molar-refractivity contribution in [2.75, 3.05) is 0 Å². The zero-order chi connectivity index (χ0) is 31.9. The SMILES string of the molecule is c1ccc(-c2cc(-c3cccc4ccccc34)nc(-c3ccc(C4(c5ccccc5)c5ccccc5Oc5ccccc54)cc3)n2)cc1. The maximum Gasteiger partial charge on any atom is 0.160 e. The molecule has 48 heavy (non-hydrogen) atoms. The molecule has 7 aromatic carbocycles. The fraction of sp³-hybridized carbons (Fsp3) is 0.0222. The fourth-order valence-corrected chi connectivity index (χ4v) is 7.26. The van der Waals surface area contributed by atoms with Crippen LogP contribution in [0.4, 0.5) is 0 Å². The van der Waals surface area contributed by atoms with Gasteiger partial charge in [-0.25, -0.2) is 9.97 Å². The molecule has 8 aromatic rings. The second-order valence-corrected chi connectivity index (χ2v) is 12.1. The maximum absolute atomic E-state index is 6.49. The molecule has 0 saturated carbocycles. The van der Waals surface area contributed by atoms with E-state index in [1.165, 1.54) is 16.3 Å². The topological polar surface area (TPSA) is 35.0 Å². The molecular weight excluding hydrogens is 585 g/mol. The Morgan fingerprint density at radius 2 is 0.979 bits per heavy atom. The van der Waals surface area contributed by atoms with Gasteiger partial charge in [-0.2, -0.15) is 0 Å². The Morgan fingerprint density at radius 1 is 0.417 bits per heavy atom. The highest BCUT2D eigenvalue weighted by atomic mass is 16.5. The Bertz CT molecular complexity index is 2370. The lowest BCUT2D eigenvalue weighted by atomic mass is 9.63. The first-order chi connectivity index (χ1) is 23.8. The molecule has 0 atom stereocenters. The minimum absolute atomic E-state index is 0.577. The molecule has 0 fully saturated rings. The van der Waals surface area contributed by atoms with Crippen LogP contribution in [0.25, 0.3) is 44.7 Å². The van der Waals surface area contributed by atoms with Crippen LogP contribution in [0, 0.1) is 0 Å². The molecule has 0 N–H and O–H groups in total. The predicted octanol–water partition coefficient (Wildman–Crippen LogP) is 11.1. The van der Waals surface area contributed by atoms with Crippen molar-refractivity contribution in [3.63, 3.8) is 0 Å². The second kappa shape index (κ2) is 11.5. The third kappa shape index (κ3) is 4.51. The lowest BCUT2D eigenvalue weighted by Gasteiger charge is -2.41. The normalized spacial score (nSPS) is 12.9. The lowest BCUT2D eigenvalue weighted by Crippen LogP contribution is -2.34. The van der Waals surface area contributed by atoms with Gasteiger partial charge in [-0.1, -0.05) is 164 Å². The minimum Gasteiger partial charge on any atom is -0.457 e. The smallest absolute Gasteiger partial charge is 0.160 e. The number of aromatic nitrogens is 2. The van der Waals surface area contributed by atoms with Crippen molar-refractivity contribution in [2.24, 2.45) is 0 Å². The molecular formula is C45H30N2O. The molecule has 1 aliphatic rings. The van der Waals surface area contributed by atoms with E-state index in [9.17, 15) is 0 Å². The molecule has 1 aromatic heterocycles. The van der Waals surface area contributed by atoms with Crippen LogP contribution >= 0.6 is 0 Å². The van der Waals surface area contributed by atoms with E-state index in [4.69, 9.17) is 14.7 Å². The standard InChI is InChI=1S/C45H30N2O/c1-3-15-32(16-4-1)40-30-41(37-21-13-17-31-14-7-8-20-36(31)37)47-44(46-40)33-26-28-35(29-27-33)45(34-18-5-2-6-19-34)38-22-9-11-24-42(38)48-43-25-12-10-23-39(43)45/h1-30H. The summed E-state index contributed by atoms with van der Waals surface area (Å²) in [4.78, 5) is 10.3. The van der Waals surface area contributed by atoms with E-state index in [-0.39, 0.29) is 0 Å². The average molecular weight is 615 g/mol. The summed E-state index contributed by atoms with van der Waals surface area (Å²) in [6, 6.07) is 63.6. The first-order valence-corrected chi connectivity index (χ1v) is 16.2. The Labute approximate surface area is 279 Å². The van der Waals surface area contributed by atoms with E-state index >= 15 is 0 Å². The van der Waals surface area contributed by atoms with Gasteiger partial charge in [0, 0.05) is 27.8 Å². The number of hydrogen-bond donors (Lipinski definition) is 0. The second-order valence-electron chi connectivity index (χ2n) is 12.1. The fourth-order valence-electron chi connectivity index (χ4n) is 7.26. The van der Waals surface area contributed by atoms with Gasteiger partial charge in [-0.3, -0.25) is 0 Å². The van der Waals surface area contributed by atoms with Crippen molar-refractivity contribution in [1.29, 1.82) is 0 Å². The molecule has 1 aliphatic heterocycles. The highest BCUT2D eigenvalue weighted by Gasteiger charge is 2.45. The predicted molar refractivity (Wildman–Crippen MR) is 194 cm³/mol. The summed E-state index contributed by atoms with van der Waals surface area (Å²) >= 11 is 0. The molecule has 0 bridgehead atoms. The third-order valence-electron chi connectivity index (χ3n) is 9.45. The van der Waals surface area contributed by atoms with Crippen LogP contribution in [0.5, 0.6) is 11.5 Å². The first kappa shape index (κ1) is 27.9. The van der Waals surface area contributed by atoms with Crippen LogP contribution in [-0.2, 0) is 5.41 Å². The number of fused-ring (bicyclic) bond motifs is 3. The van der Waals surface area contributed by atoms with Gasteiger partial charge in [0.1, 0.15) is 11.5 Å². The monoisotopic (exact) mass is 614 g/mol. The van der Waals surface area contributed by atoms with Gasteiger partial charge in [0.25, 0.3) is 0 Å². The summed E-state index contributed by atoms with van der Waals surface area (Å²) in [5.41, 5.74) is 8.86. The van der Waals surface area contributed by atoms with E-state index in [0.29, 0.717) is 5.82 Å². The van der Waals surface area contributed by atoms with Crippen molar-refractivity contribution in [3.8, 4) is 45.4 Å². The number of nitrogens with zero attached hydrogens (tertiary/aromatic N) is 2. The van der Waals surface area contributed by atoms with Gasteiger partial charge in [-0.05, 0) is 40.1 Å².